The van der Waals surface area contributed by atoms with Gasteiger partial charge in [-0.15, -0.1) is 4.67 Å². The van der Waals surface area contributed by atoms with Crippen LogP contribution in [-0.2, 0) is 21.0 Å². The molecular formula is C19H19Cl2F3N2O4PS+. The Kier molecular flexibility index (Phi) is 7.15. The summed E-state index contributed by atoms with van der Waals surface area (Å²) in [6, 6.07) is 6.46. The molecule has 174 valence electrons. The molecule has 3 rings (SSSR count). The molecule has 0 aromatic heterocycles. The first kappa shape index (κ1) is 25.2. The van der Waals surface area contributed by atoms with Gasteiger partial charge >= 0.3 is 6.18 Å². The van der Waals surface area contributed by atoms with Crippen LogP contribution in [0.2, 0.25) is 10.0 Å². The fourth-order valence-corrected chi connectivity index (χ4v) is 7.12. The van der Waals surface area contributed by atoms with Crippen LogP contribution < -0.4 is 10.0 Å². The van der Waals surface area contributed by atoms with Crippen LogP contribution in [0.1, 0.15) is 18.4 Å². The van der Waals surface area contributed by atoms with Gasteiger partial charge in [0, 0.05) is 31.0 Å². The minimum atomic E-state index is -4.84. The summed E-state index contributed by atoms with van der Waals surface area (Å²) < 4.78 is 69.3. The van der Waals surface area contributed by atoms with E-state index in [1.807, 2.05) is 0 Å². The molecule has 0 amide bonds. The van der Waals surface area contributed by atoms with Crippen LogP contribution >= 0.6 is 30.8 Å². The van der Waals surface area contributed by atoms with Crippen molar-refractivity contribution in [2.75, 3.05) is 24.5 Å². The van der Waals surface area contributed by atoms with Crippen molar-refractivity contribution in [1.29, 1.82) is 0 Å². The average Bonchev–Trinajstić information content (AvgIpc) is 2.67. The molecule has 6 nitrogen and oxygen atoms in total. The Morgan fingerprint density at radius 2 is 1.72 bits per heavy atom. The lowest BCUT2D eigenvalue weighted by atomic mass is 10.1. The van der Waals surface area contributed by atoms with Crippen LogP contribution in [0.15, 0.2) is 41.3 Å². The van der Waals surface area contributed by atoms with Gasteiger partial charge in [-0.1, -0.05) is 23.2 Å². The van der Waals surface area contributed by atoms with Crippen molar-refractivity contribution in [2.24, 2.45) is 0 Å². The number of Topliss-reactive ketones (excluding diaryl/α,β-unsaturated/α-hetero) is 1. The normalized spacial score (nSPS) is 17.8. The molecule has 0 radical (unpaired) electrons. The van der Waals surface area contributed by atoms with Gasteiger partial charge in [0.25, 0.3) is 10.0 Å². The Balaban J connectivity index is 2.01. The molecule has 1 unspecified atom stereocenters. The maximum Gasteiger partial charge on any atom is 0.417 e. The number of rotatable bonds is 5. The second-order valence-electron chi connectivity index (χ2n) is 7.31. The van der Waals surface area contributed by atoms with E-state index in [0.29, 0.717) is 19.2 Å². The summed E-state index contributed by atoms with van der Waals surface area (Å²) >= 11 is 11.6. The van der Waals surface area contributed by atoms with Crippen LogP contribution in [0.3, 0.4) is 0 Å². The Hall–Kier alpha value is -1.42. The van der Waals surface area contributed by atoms with Crippen molar-refractivity contribution in [3.05, 3.63) is 52.0 Å². The standard InChI is InChI=1S/C19H19Cl2F3N2O4PS/c1-31(28,26-8-6-13(27)7-9-26)18-5-2-12(20)10-17(18)25-32(29,30)14-3-4-16(21)15(11-14)19(22,23)24/h2-5,10-11,25,28H,6-9H2,1H3/q+1. The molecule has 1 aliphatic rings. The van der Waals surface area contributed by atoms with E-state index in [9.17, 15) is 31.3 Å². The van der Waals surface area contributed by atoms with Crippen molar-refractivity contribution in [3.8, 4) is 0 Å². The van der Waals surface area contributed by atoms with Crippen LogP contribution in [0.4, 0.5) is 18.9 Å². The number of halogens is 5. The molecule has 1 atom stereocenters. The number of nitrogens with zero attached hydrogens (tertiary/aromatic N) is 1. The zero-order valence-electron chi connectivity index (χ0n) is 16.7. The topological polar surface area (TPSA) is 86.7 Å². The molecular weight excluding hydrogens is 511 g/mol. The summed E-state index contributed by atoms with van der Waals surface area (Å²) in [5, 5.41) is -0.231. The number of nitrogens with one attached hydrogen (secondary N) is 1. The van der Waals surface area contributed by atoms with E-state index in [-0.39, 0.29) is 34.6 Å². The number of anilines is 1. The molecule has 32 heavy (non-hydrogen) atoms. The summed E-state index contributed by atoms with van der Waals surface area (Å²) in [6.45, 7) is 2.16. The number of carbonyl (C=O) groups excluding carboxylic acids is 1. The smallest absolute Gasteiger partial charge is 0.300 e. The lowest BCUT2D eigenvalue weighted by molar-refractivity contribution is -0.137. The summed E-state index contributed by atoms with van der Waals surface area (Å²) in [7, 11) is -7.57. The van der Waals surface area contributed by atoms with E-state index in [0.717, 1.165) is 12.1 Å². The van der Waals surface area contributed by atoms with Gasteiger partial charge in [0.05, 0.1) is 27.8 Å². The van der Waals surface area contributed by atoms with Crippen LogP contribution in [0.25, 0.3) is 0 Å². The van der Waals surface area contributed by atoms with Crippen LogP contribution in [-0.4, -0.2) is 43.5 Å². The van der Waals surface area contributed by atoms with Gasteiger partial charge in [0.2, 0.25) is 7.64 Å². The minimum absolute atomic E-state index is 0.0590. The van der Waals surface area contributed by atoms with Crippen molar-refractivity contribution in [2.45, 2.75) is 23.9 Å². The predicted molar refractivity (Wildman–Crippen MR) is 119 cm³/mol. The van der Waals surface area contributed by atoms with Gasteiger partial charge in [-0.25, -0.2) is 13.3 Å². The van der Waals surface area contributed by atoms with Gasteiger partial charge in [-0.05, 0) is 36.4 Å². The first-order valence-electron chi connectivity index (χ1n) is 9.28. The molecule has 1 saturated heterocycles. The van der Waals surface area contributed by atoms with E-state index < -0.39 is 39.3 Å². The summed E-state index contributed by atoms with van der Waals surface area (Å²) in [6.07, 6.45) is -4.32. The monoisotopic (exact) mass is 529 g/mol. The first-order valence-corrected chi connectivity index (χ1v) is 13.7. The third-order valence-corrected chi connectivity index (χ3v) is 9.79. The van der Waals surface area contributed by atoms with E-state index in [4.69, 9.17) is 23.2 Å². The van der Waals surface area contributed by atoms with Gasteiger partial charge in [-0.2, -0.15) is 13.2 Å². The SMILES string of the molecule is C[P+](O)(c1ccc(Cl)cc1NS(=O)(=O)c1ccc(Cl)c(C(F)(F)F)c1)N1CCC(=O)CC1. The number of hydrogen-bond acceptors (Lipinski definition) is 5. The predicted octanol–water partition coefficient (Wildman–Crippen LogP) is 4.57. The van der Waals surface area contributed by atoms with E-state index in [1.54, 1.807) is 11.3 Å². The Labute approximate surface area is 193 Å². The Morgan fingerprint density at radius 3 is 2.31 bits per heavy atom. The number of benzene rings is 2. The third kappa shape index (κ3) is 5.38. The van der Waals surface area contributed by atoms with Gasteiger partial charge in [0.1, 0.15) is 5.78 Å². The number of ketones is 1. The molecule has 2 aromatic rings. The van der Waals surface area contributed by atoms with E-state index >= 15 is 0 Å². The highest BCUT2D eigenvalue weighted by molar-refractivity contribution is 7.92. The maximum atomic E-state index is 13.2. The highest BCUT2D eigenvalue weighted by Gasteiger charge is 2.45. The average molecular weight is 530 g/mol. The van der Waals surface area contributed by atoms with Crippen molar-refractivity contribution in [3.63, 3.8) is 0 Å². The first-order chi connectivity index (χ1) is 14.7. The Morgan fingerprint density at radius 1 is 1.09 bits per heavy atom. The zero-order valence-corrected chi connectivity index (χ0v) is 19.9. The number of carbonyl (C=O) groups is 1. The number of alkyl halides is 3. The number of hydrogen-bond donors (Lipinski definition) is 2. The second-order valence-corrected chi connectivity index (χ2v) is 12.7. The molecule has 0 bridgehead atoms. The summed E-state index contributed by atoms with van der Waals surface area (Å²) in [5.74, 6) is 0.0708. The third-order valence-electron chi connectivity index (χ3n) is 5.06. The molecule has 0 aliphatic carbocycles. The number of piperidine rings is 1. The van der Waals surface area contributed by atoms with Crippen molar-refractivity contribution in [1.82, 2.24) is 4.67 Å². The lowest BCUT2D eigenvalue weighted by Gasteiger charge is -2.31. The summed E-state index contributed by atoms with van der Waals surface area (Å²) in [5.41, 5.74) is -1.35. The van der Waals surface area contributed by atoms with Gasteiger partial charge < -0.3 is 0 Å². The van der Waals surface area contributed by atoms with Crippen LogP contribution in [0.5, 0.6) is 0 Å². The molecule has 1 fully saturated rings. The molecule has 1 heterocycles. The molecule has 2 N–H and O–H groups in total. The number of sulfonamides is 1. The van der Waals surface area contributed by atoms with E-state index in [1.165, 1.54) is 18.2 Å². The molecule has 2 aromatic carbocycles. The maximum absolute atomic E-state index is 13.2. The van der Waals surface area contributed by atoms with E-state index in [2.05, 4.69) is 4.72 Å². The minimum Gasteiger partial charge on any atom is -0.300 e. The van der Waals surface area contributed by atoms with Crippen LogP contribution in [0, 0.1) is 0 Å². The van der Waals surface area contributed by atoms with Gasteiger partial charge in [-0.3, -0.25) is 9.52 Å². The highest BCUT2D eigenvalue weighted by atomic mass is 35.5. The fraction of sp³-hybridized carbons (Fsp3) is 0.316. The second kappa shape index (κ2) is 9.08. The Bertz CT molecular complexity index is 1150. The molecule has 0 saturated carbocycles. The lowest BCUT2D eigenvalue weighted by Crippen LogP contribution is -2.38. The van der Waals surface area contributed by atoms with Crippen molar-refractivity contribution < 1.29 is 31.3 Å². The molecule has 13 heteroatoms. The molecule has 1 aliphatic heterocycles. The van der Waals surface area contributed by atoms with Gasteiger partial charge in [0.15, 0.2) is 5.30 Å². The van der Waals surface area contributed by atoms with Crippen molar-refractivity contribution >= 4 is 57.6 Å². The molecule has 0 spiro atoms. The zero-order chi connectivity index (χ0) is 23.9. The summed E-state index contributed by atoms with van der Waals surface area (Å²) in [4.78, 5) is 22.2. The quantitative estimate of drug-likeness (QED) is 0.554. The highest BCUT2D eigenvalue weighted by Crippen LogP contribution is 2.55. The largest absolute Gasteiger partial charge is 0.417 e. The fourth-order valence-electron chi connectivity index (χ4n) is 3.34.